The van der Waals surface area contributed by atoms with Crippen LogP contribution < -0.4 is 15.4 Å². The van der Waals surface area contributed by atoms with Crippen LogP contribution in [-0.4, -0.2) is 69.6 Å². The molecular formula is C18H24ClN7O2. The van der Waals surface area contributed by atoms with Gasteiger partial charge in [-0.2, -0.15) is 4.98 Å². The van der Waals surface area contributed by atoms with Crippen LogP contribution in [0.2, 0.25) is 5.02 Å². The van der Waals surface area contributed by atoms with Crippen molar-refractivity contribution in [2.45, 2.75) is 38.5 Å². The Labute approximate surface area is 168 Å². The molecule has 0 radical (unpaired) electrons. The first kappa shape index (κ1) is 18.0. The highest BCUT2D eigenvalue weighted by Gasteiger charge is 2.38. The Morgan fingerprint density at radius 3 is 3.11 bits per heavy atom. The third kappa shape index (κ3) is 3.38. The van der Waals surface area contributed by atoms with Gasteiger partial charge in [0.25, 0.3) is 5.88 Å². The van der Waals surface area contributed by atoms with Gasteiger partial charge in [0.1, 0.15) is 10.7 Å². The minimum atomic E-state index is 0.412. The lowest BCUT2D eigenvalue weighted by molar-refractivity contribution is 0.0289. The Hall–Kier alpha value is -2.10. The predicted octanol–water partition coefficient (Wildman–Crippen LogP) is 2.05. The van der Waals surface area contributed by atoms with Crippen molar-refractivity contribution in [3.05, 3.63) is 16.9 Å². The highest BCUT2D eigenvalue weighted by Crippen LogP contribution is 2.32. The first-order valence-corrected chi connectivity index (χ1v) is 10.1. The first-order chi connectivity index (χ1) is 13.7. The van der Waals surface area contributed by atoms with Gasteiger partial charge >= 0.3 is 0 Å². The normalized spacial score (nSPS) is 24.1. The van der Waals surface area contributed by atoms with Crippen LogP contribution in [0.15, 0.2) is 6.20 Å². The lowest BCUT2D eigenvalue weighted by atomic mass is 10.2. The van der Waals surface area contributed by atoms with E-state index in [1.807, 2.05) is 11.6 Å². The third-order valence-electron chi connectivity index (χ3n) is 5.62. The number of aromatic nitrogens is 4. The number of halogens is 1. The Balaban J connectivity index is 1.37. The number of hydrogen-bond donors (Lipinski definition) is 2. The van der Waals surface area contributed by atoms with Crippen LogP contribution in [0.4, 0.5) is 17.5 Å². The van der Waals surface area contributed by atoms with Crippen molar-refractivity contribution in [2.75, 3.05) is 43.5 Å². The summed E-state index contributed by atoms with van der Waals surface area (Å²) >= 11 is 6.18. The van der Waals surface area contributed by atoms with Crippen molar-refractivity contribution < 1.29 is 9.47 Å². The summed E-state index contributed by atoms with van der Waals surface area (Å²) in [5.74, 6) is 1.68. The van der Waals surface area contributed by atoms with Gasteiger partial charge in [-0.25, -0.2) is 4.98 Å². The van der Waals surface area contributed by atoms with E-state index in [1.165, 1.54) is 0 Å². The summed E-state index contributed by atoms with van der Waals surface area (Å²) in [5.41, 5.74) is 1.81. The summed E-state index contributed by atoms with van der Waals surface area (Å²) in [4.78, 5) is 11.3. The van der Waals surface area contributed by atoms with Gasteiger partial charge in [-0.1, -0.05) is 11.6 Å². The van der Waals surface area contributed by atoms with Gasteiger partial charge in [0, 0.05) is 25.7 Å². The minimum Gasteiger partial charge on any atom is -0.475 e. The van der Waals surface area contributed by atoms with E-state index in [4.69, 9.17) is 26.2 Å². The van der Waals surface area contributed by atoms with E-state index in [0.29, 0.717) is 48.0 Å². The number of likely N-dealkylation sites (tertiary alicyclic amines) is 1. The highest BCUT2D eigenvalue weighted by molar-refractivity contribution is 6.32. The van der Waals surface area contributed by atoms with Crippen molar-refractivity contribution in [3.63, 3.8) is 0 Å². The summed E-state index contributed by atoms with van der Waals surface area (Å²) in [6.07, 6.45) is 3.98. The molecule has 0 unspecified atom stereocenters. The summed E-state index contributed by atoms with van der Waals surface area (Å²) in [6, 6.07) is 0.556. The quantitative estimate of drug-likeness (QED) is 0.802. The fourth-order valence-electron chi connectivity index (χ4n) is 4.07. The van der Waals surface area contributed by atoms with Crippen LogP contribution in [0.3, 0.4) is 0 Å². The zero-order valence-corrected chi connectivity index (χ0v) is 16.6. The average molecular weight is 406 g/mol. The van der Waals surface area contributed by atoms with E-state index >= 15 is 0 Å². The summed E-state index contributed by atoms with van der Waals surface area (Å²) in [6.45, 7) is 6.95. The summed E-state index contributed by atoms with van der Waals surface area (Å²) in [5, 5.41) is 11.7. The number of ether oxygens (including phenoxy) is 2. The molecule has 0 spiro atoms. The second-order valence-electron chi connectivity index (χ2n) is 7.47. The number of fused-ring (bicyclic) bond motifs is 5. The maximum absolute atomic E-state index is 6.18. The van der Waals surface area contributed by atoms with Crippen LogP contribution in [0, 0.1) is 6.92 Å². The number of hydrogen-bond acceptors (Lipinski definition) is 8. The van der Waals surface area contributed by atoms with Gasteiger partial charge in [-0.15, -0.1) is 5.10 Å². The predicted molar refractivity (Wildman–Crippen MR) is 106 cm³/mol. The molecule has 2 aromatic heterocycles. The minimum absolute atomic E-state index is 0.412. The van der Waals surface area contributed by atoms with Gasteiger partial charge < -0.3 is 20.1 Å². The summed E-state index contributed by atoms with van der Waals surface area (Å²) in [7, 11) is 0. The van der Waals surface area contributed by atoms with Gasteiger partial charge in [-0.05, 0) is 19.8 Å². The number of morpholine rings is 1. The van der Waals surface area contributed by atoms with Crippen molar-refractivity contribution >= 4 is 29.1 Å². The fourth-order valence-corrected chi connectivity index (χ4v) is 4.23. The Morgan fingerprint density at radius 2 is 2.29 bits per heavy atom. The van der Waals surface area contributed by atoms with Gasteiger partial charge in [-0.3, -0.25) is 9.58 Å². The van der Waals surface area contributed by atoms with Crippen molar-refractivity contribution in [1.29, 1.82) is 0 Å². The molecule has 3 aliphatic heterocycles. The zero-order valence-electron chi connectivity index (χ0n) is 15.8. The smallest absolute Gasteiger partial charge is 0.257 e. The Morgan fingerprint density at radius 1 is 1.36 bits per heavy atom. The molecule has 28 heavy (non-hydrogen) atoms. The molecule has 3 aliphatic rings. The maximum Gasteiger partial charge on any atom is 0.257 e. The van der Waals surface area contributed by atoms with Gasteiger partial charge in [0.2, 0.25) is 5.95 Å². The molecule has 2 saturated heterocycles. The van der Waals surface area contributed by atoms with E-state index in [9.17, 15) is 0 Å². The maximum atomic E-state index is 6.18. The molecule has 0 aliphatic carbocycles. The molecule has 5 heterocycles. The molecule has 0 amide bonds. The lowest BCUT2D eigenvalue weighted by Crippen LogP contribution is -2.39. The van der Waals surface area contributed by atoms with E-state index in [-0.39, 0.29) is 0 Å². The molecule has 150 valence electrons. The van der Waals surface area contributed by atoms with E-state index in [0.717, 1.165) is 50.5 Å². The van der Waals surface area contributed by atoms with Crippen molar-refractivity contribution in [1.82, 2.24) is 24.6 Å². The van der Waals surface area contributed by atoms with E-state index < -0.39 is 0 Å². The monoisotopic (exact) mass is 405 g/mol. The van der Waals surface area contributed by atoms with E-state index in [2.05, 4.69) is 25.5 Å². The molecule has 2 aromatic rings. The van der Waals surface area contributed by atoms with Crippen molar-refractivity contribution in [2.24, 2.45) is 0 Å². The molecule has 0 saturated carbocycles. The molecule has 2 atom stereocenters. The zero-order chi connectivity index (χ0) is 19.1. The second kappa shape index (κ2) is 7.38. The average Bonchev–Trinajstić information content (AvgIpc) is 3.38. The number of anilines is 3. The van der Waals surface area contributed by atoms with Crippen LogP contribution in [0.25, 0.3) is 0 Å². The molecule has 10 heteroatoms. The number of rotatable bonds is 3. The fraction of sp³-hybridized carbons (Fsp3) is 0.611. The van der Waals surface area contributed by atoms with Gasteiger partial charge in [0.05, 0.1) is 37.8 Å². The molecule has 2 N–H and O–H groups in total. The Kier molecular flexibility index (Phi) is 4.73. The molecule has 4 bridgehead atoms. The second-order valence-corrected chi connectivity index (χ2v) is 7.88. The van der Waals surface area contributed by atoms with Crippen LogP contribution in [0.5, 0.6) is 5.88 Å². The number of nitrogens with one attached hydrogen (secondary N) is 2. The standard InChI is InChI=1S/C18H24ClN7O2/c1-11-15-17(24-26(11)5-4-25-9-13-7-12(25)10-28-13)27-6-2-3-20-16-14(19)8-21-18(22-15)23-16/h8,12-13H,2-7,9-10H2,1H3,(H2,20,21,22,23)/t12-,13-/m1/s1. The third-order valence-corrected chi connectivity index (χ3v) is 5.90. The Bertz CT molecular complexity index is 874. The first-order valence-electron chi connectivity index (χ1n) is 9.76. The SMILES string of the molecule is Cc1c2c(nn1CCN1C[C@H]3C[C@@H]1CO3)OCCCNc1nc(ncc1Cl)N2. The molecule has 9 nitrogen and oxygen atoms in total. The molecule has 2 fully saturated rings. The molecular weight excluding hydrogens is 382 g/mol. The van der Waals surface area contributed by atoms with Crippen LogP contribution >= 0.6 is 11.6 Å². The topological polar surface area (TPSA) is 89.4 Å². The van der Waals surface area contributed by atoms with E-state index in [1.54, 1.807) is 6.20 Å². The molecule has 0 aromatic carbocycles. The highest BCUT2D eigenvalue weighted by atomic mass is 35.5. The largest absolute Gasteiger partial charge is 0.475 e. The molecule has 5 rings (SSSR count). The number of nitrogens with zero attached hydrogens (tertiary/aromatic N) is 5. The summed E-state index contributed by atoms with van der Waals surface area (Å²) < 4.78 is 13.7. The lowest BCUT2D eigenvalue weighted by Gasteiger charge is -2.26. The van der Waals surface area contributed by atoms with Crippen LogP contribution in [-0.2, 0) is 11.3 Å². The van der Waals surface area contributed by atoms with Crippen LogP contribution in [0.1, 0.15) is 18.5 Å². The van der Waals surface area contributed by atoms with Crippen molar-refractivity contribution in [3.8, 4) is 5.88 Å². The van der Waals surface area contributed by atoms with Gasteiger partial charge in [0.15, 0.2) is 5.82 Å².